The van der Waals surface area contributed by atoms with Gasteiger partial charge >= 0.3 is 0 Å². The van der Waals surface area contributed by atoms with Gasteiger partial charge in [0.05, 0.1) is 6.10 Å². The minimum atomic E-state index is 0.0532. The highest BCUT2D eigenvalue weighted by atomic mass is 16.5. The van der Waals surface area contributed by atoms with Crippen molar-refractivity contribution in [3.8, 4) is 0 Å². The van der Waals surface area contributed by atoms with Crippen molar-refractivity contribution in [3.63, 3.8) is 0 Å². The fraction of sp³-hybridized carbons (Fsp3) is 0.600. The van der Waals surface area contributed by atoms with E-state index in [1.54, 1.807) is 9.80 Å². The van der Waals surface area contributed by atoms with Crippen molar-refractivity contribution >= 4 is 12.3 Å². The Morgan fingerprint density at radius 1 is 1.04 bits per heavy atom. The van der Waals surface area contributed by atoms with Gasteiger partial charge in [0, 0.05) is 26.2 Å². The number of carbonyl (C=O) groups excluding carboxylic acids is 2. The summed E-state index contributed by atoms with van der Waals surface area (Å²) >= 11 is 0. The fourth-order valence-electron chi connectivity index (χ4n) is 3.04. The summed E-state index contributed by atoms with van der Waals surface area (Å²) in [6, 6.07) is 10.8. The van der Waals surface area contributed by atoms with Gasteiger partial charge in [0.25, 0.3) is 0 Å². The molecule has 1 aromatic carbocycles. The Balaban J connectivity index is 0.000000170. The number of carbonyl (C=O) groups is 2. The molecular weight excluding hydrogens is 316 g/mol. The smallest absolute Gasteiger partial charge is 0.248 e. The average molecular weight is 344 g/mol. The van der Waals surface area contributed by atoms with E-state index in [0.717, 1.165) is 25.2 Å². The highest BCUT2D eigenvalue weighted by molar-refractivity contribution is 5.77. The minimum absolute atomic E-state index is 0.0532. The zero-order valence-corrected chi connectivity index (χ0v) is 14.8. The van der Waals surface area contributed by atoms with Crippen LogP contribution in [0.15, 0.2) is 30.3 Å². The lowest BCUT2D eigenvalue weighted by atomic mass is 9.96. The van der Waals surface area contributed by atoms with Crippen molar-refractivity contribution in [2.24, 2.45) is 0 Å². The van der Waals surface area contributed by atoms with Crippen LogP contribution < -0.4 is 0 Å². The maximum absolute atomic E-state index is 11.7. The first-order valence-corrected chi connectivity index (χ1v) is 9.40. The van der Waals surface area contributed by atoms with Crippen LogP contribution in [0.3, 0.4) is 0 Å². The van der Waals surface area contributed by atoms with Crippen molar-refractivity contribution in [1.29, 1.82) is 0 Å². The van der Waals surface area contributed by atoms with E-state index in [-0.39, 0.29) is 12.5 Å². The molecule has 1 saturated heterocycles. The van der Waals surface area contributed by atoms with E-state index in [4.69, 9.17) is 4.74 Å². The van der Waals surface area contributed by atoms with Crippen LogP contribution in [-0.4, -0.2) is 61.0 Å². The van der Waals surface area contributed by atoms with E-state index < -0.39 is 0 Å². The van der Waals surface area contributed by atoms with Crippen LogP contribution in [0.1, 0.15) is 43.6 Å². The van der Waals surface area contributed by atoms with Crippen molar-refractivity contribution < 1.29 is 14.3 Å². The molecule has 0 N–H and O–H groups in total. The quantitative estimate of drug-likeness (QED) is 0.771. The molecule has 0 spiro atoms. The van der Waals surface area contributed by atoms with Gasteiger partial charge in [0.15, 0.2) is 0 Å². The van der Waals surface area contributed by atoms with E-state index in [2.05, 4.69) is 30.3 Å². The van der Waals surface area contributed by atoms with Crippen LogP contribution in [0.25, 0.3) is 0 Å². The molecule has 0 bridgehead atoms. The third kappa shape index (κ3) is 5.56. The summed E-state index contributed by atoms with van der Waals surface area (Å²) < 4.78 is 5.47. The molecule has 3 aliphatic rings. The summed E-state index contributed by atoms with van der Waals surface area (Å²) in [5, 5.41) is 0. The lowest BCUT2D eigenvalue weighted by Crippen LogP contribution is -2.49. The van der Waals surface area contributed by atoms with E-state index in [0.29, 0.717) is 32.3 Å². The molecule has 0 aromatic heterocycles. The van der Waals surface area contributed by atoms with Gasteiger partial charge in [-0.05, 0) is 43.6 Å². The normalized spacial score (nSPS) is 20.3. The zero-order chi connectivity index (χ0) is 17.5. The Morgan fingerprint density at radius 3 is 2.24 bits per heavy atom. The van der Waals surface area contributed by atoms with Gasteiger partial charge in [0.1, 0.15) is 6.61 Å². The topological polar surface area (TPSA) is 49.9 Å². The summed E-state index contributed by atoms with van der Waals surface area (Å²) in [5.41, 5.74) is 1.53. The number of amides is 2. The Hall–Kier alpha value is -1.88. The van der Waals surface area contributed by atoms with Crippen LogP contribution in [0.5, 0.6) is 0 Å². The molecule has 2 saturated carbocycles. The second-order valence-corrected chi connectivity index (χ2v) is 7.07. The van der Waals surface area contributed by atoms with Crippen LogP contribution in [0.2, 0.25) is 0 Å². The SMILES string of the molecule is O=CN1CCN(C(=O)COC2CCC2)CC1.c1ccc(C2CC2)cc1. The van der Waals surface area contributed by atoms with Gasteiger partial charge in [-0.25, -0.2) is 0 Å². The number of ether oxygens (including phenoxy) is 1. The van der Waals surface area contributed by atoms with Gasteiger partial charge in [-0.2, -0.15) is 0 Å². The Labute approximate surface area is 149 Å². The maximum Gasteiger partial charge on any atom is 0.248 e. The van der Waals surface area contributed by atoms with Crippen LogP contribution in [0, 0.1) is 0 Å². The second kappa shape index (κ2) is 8.99. The molecule has 4 rings (SSSR count). The zero-order valence-electron chi connectivity index (χ0n) is 14.8. The van der Waals surface area contributed by atoms with Crippen molar-refractivity contribution in [3.05, 3.63) is 35.9 Å². The molecule has 0 radical (unpaired) electrons. The first-order valence-electron chi connectivity index (χ1n) is 9.40. The third-order valence-corrected chi connectivity index (χ3v) is 5.16. The first-order chi connectivity index (χ1) is 12.3. The molecule has 0 atom stereocenters. The molecule has 3 fully saturated rings. The lowest BCUT2D eigenvalue weighted by Gasteiger charge is -2.33. The molecule has 1 heterocycles. The summed E-state index contributed by atoms with van der Waals surface area (Å²) in [6.07, 6.45) is 7.36. The van der Waals surface area contributed by atoms with Crippen molar-refractivity contribution in [2.45, 2.75) is 44.1 Å². The minimum Gasteiger partial charge on any atom is -0.368 e. The number of rotatable bonds is 5. The number of hydrogen-bond acceptors (Lipinski definition) is 3. The summed E-state index contributed by atoms with van der Waals surface area (Å²) in [5.74, 6) is 0.962. The Bertz CT molecular complexity index is 547. The maximum atomic E-state index is 11.7. The van der Waals surface area contributed by atoms with Crippen molar-refractivity contribution in [2.75, 3.05) is 32.8 Å². The monoisotopic (exact) mass is 344 g/mol. The van der Waals surface area contributed by atoms with Gasteiger partial charge in [0.2, 0.25) is 12.3 Å². The predicted octanol–water partition coefficient (Wildman–Crippen LogP) is 2.42. The van der Waals surface area contributed by atoms with Gasteiger partial charge in [-0.1, -0.05) is 30.3 Å². The first kappa shape index (κ1) is 17.9. The summed E-state index contributed by atoms with van der Waals surface area (Å²) in [7, 11) is 0. The molecule has 2 amide bonds. The lowest BCUT2D eigenvalue weighted by molar-refractivity contribution is -0.142. The average Bonchev–Trinajstić information content (AvgIpc) is 3.47. The Kier molecular flexibility index (Phi) is 6.45. The highest BCUT2D eigenvalue weighted by Gasteiger charge is 2.23. The Morgan fingerprint density at radius 2 is 1.72 bits per heavy atom. The molecule has 1 aromatic rings. The number of hydrogen-bond donors (Lipinski definition) is 0. The second-order valence-electron chi connectivity index (χ2n) is 7.07. The molecule has 0 unspecified atom stereocenters. The van der Waals surface area contributed by atoms with E-state index >= 15 is 0 Å². The third-order valence-electron chi connectivity index (χ3n) is 5.16. The summed E-state index contributed by atoms with van der Waals surface area (Å²) in [6.45, 7) is 2.74. The highest BCUT2D eigenvalue weighted by Crippen LogP contribution is 2.39. The standard InChI is InChI=1S/C11H18N2O3.C9H10/c14-9-12-4-6-13(7-5-12)11(15)8-16-10-2-1-3-10;1-2-4-8(5-3-1)9-6-7-9/h9-10H,1-8H2;1-5,9H,6-7H2. The van der Waals surface area contributed by atoms with E-state index in [1.807, 2.05) is 0 Å². The van der Waals surface area contributed by atoms with Crippen molar-refractivity contribution in [1.82, 2.24) is 9.80 Å². The van der Waals surface area contributed by atoms with Gasteiger partial charge in [-0.15, -0.1) is 0 Å². The molecule has 1 aliphatic heterocycles. The van der Waals surface area contributed by atoms with Crippen LogP contribution in [-0.2, 0) is 14.3 Å². The van der Waals surface area contributed by atoms with Crippen LogP contribution in [0.4, 0.5) is 0 Å². The van der Waals surface area contributed by atoms with Crippen LogP contribution >= 0.6 is 0 Å². The molecule has 5 nitrogen and oxygen atoms in total. The largest absolute Gasteiger partial charge is 0.368 e. The predicted molar refractivity (Wildman–Crippen MR) is 96.2 cm³/mol. The summed E-state index contributed by atoms with van der Waals surface area (Å²) in [4.78, 5) is 25.7. The van der Waals surface area contributed by atoms with Gasteiger partial charge < -0.3 is 14.5 Å². The molecule has 5 heteroatoms. The fourth-order valence-corrected chi connectivity index (χ4v) is 3.04. The molecule has 136 valence electrons. The molecule has 25 heavy (non-hydrogen) atoms. The van der Waals surface area contributed by atoms with Gasteiger partial charge in [-0.3, -0.25) is 9.59 Å². The van der Waals surface area contributed by atoms with E-state index in [1.165, 1.54) is 24.8 Å². The molecular formula is C20H28N2O3. The number of benzene rings is 1. The number of nitrogens with zero attached hydrogens (tertiary/aromatic N) is 2. The molecule has 2 aliphatic carbocycles. The number of piperazine rings is 1. The van der Waals surface area contributed by atoms with E-state index in [9.17, 15) is 9.59 Å².